The molecule has 1 fully saturated rings. The molecule has 0 unspecified atom stereocenters. The number of aromatic hydroxyl groups is 1. The van der Waals surface area contributed by atoms with Gasteiger partial charge in [-0.15, -0.1) is 15.0 Å². The molecule has 3 aromatic rings. The van der Waals surface area contributed by atoms with E-state index in [0.29, 0.717) is 5.69 Å². The molecule has 1 aliphatic rings. The fourth-order valence-electron chi connectivity index (χ4n) is 3.06. The predicted molar refractivity (Wildman–Crippen MR) is 86.7 cm³/mol. The van der Waals surface area contributed by atoms with Crippen LogP contribution < -0.4 is 4.90 Å². The molecular formula is C17H18N4O. The molecule has 0 bridgehead atoms. The lowest BCUT2D eigenvalue weighted by Gasteiger charge is -2.21. The molecule has 0 saturated carbocycles. The summed E-state index contributed by atoms with van der Waals surface area (Å²) < 4.78 is 0. The predicted octanol–water partition coefficient (Wildman–Crippen LogP) is 3.03. The Labute approximate surface area is 128 Å². The van der Waals surface area contributed by atoms with E-state index >= 15 is 0 Å². The third kappa shape index (κ3) is 2.09. The van der Waals surface area contributed by atoms with Gasteiger partial charge in [0.2, 0.25) is 0 Å². The molecule has 1 N–H and O–H groups in total. The van der Waals surface area contributed by atoms with Crippen molar-refractivity contribution < 1.29 is 5.11 Å². The molecule has 2 aromatic carbocycles. The van der Waals surface area contributed by atoms with Crippen molar-refractivity contribution in [1.82, 2.24) is 15.0 Å². The number of hydrogen-bond donors (Lipinski definition) is 1. The maximum atomic E-state index is 10.7. The zero-order chi connectivity index (χ0) is 15.1. The van der Waals surface area contributed by atoms with E-state index in [1.165, 1.54) is 17.6 Å². The van der Waals surface area contributed by atoms with Gasteiger partial charge in [0.05, 0.1) is 5.69 Å². The number of aromatic nitrogens is 3. The average Bonchev–Trinajstić information content (AvgIpc) is 3.17. The molecule has 5 heteroatoms. The van der Waals surface area contributed by atoms with E-state index in [1.54, 1.807) is 0 Å². The highest BCUT2D eigenvalue weighted by Crippen LogP contribution is 2.36. The van der Waals surface area contributed by atoms with E-state index in [9.17, 15) is 5.11 Å². The summed E-state index contributed by atoms with van der Waals surface area (Å²) in [4.78, 5) is 3.77. The van der Waals surface area contributed by atoms with Gasteiger partial charge in [-0.2, -0.15) is 0 Å². The molecule has 0 amide bonds. The Morgan fingerprint density at radius 3 is 2.18 bits per heavy atom. The zero-order valence-electron chi connectivity index (χ0n) is 12.5. The van der Waals surface area contributed by atoms with Crippen molar-refractivity contribution in [2.45, 2.75) is 19.8 Å². The second-order valence-electron chi connectivity index (χ2n) is 5.82. The maximum absolute atomic E-state index is 10.7. The number of aryl methyl sites for hydroxylation is 1. The quantitative estimate of drug-likeness (QED) is 0.789. The topological polar surface area (TPSA) is 54.2 Å². The van der Waals surface area contributed by atoms with E-state index in [2.05, 4.69) is 15.1 Å². The second kappa shape index (κ2) is 5.02. The molecule has 1 saturated heterocycles. The molecule has 22 heavy (non-hydrogen) atoms. The summed E-state index contributed by atoms with van der Waals surface area (Å²) in [6.07, 6.45) is 2.35. The van der Waals surface area contributed by atoms with Crippen LogP contribution in [-0.2, 0) is 0 Å². The Morgan fingerprint density at radius 1 is 0.955 bits per heavy atom. The van der Waals surface area contributed by atoms with E-state index in [4.69, 9.17) is 0 Å². The van der Waals surface area contributed by atoms with Crippen LogP contribution >= 0.6 is 0 Å². The van der Waals surface area contributed by atoms with E-state index in [0.717, 1.165) is 35.4 Å². The summed E-state index contributed by atoms with van der Waals surface area (Å²) in [5, 5.41) is 19.7. The smallest absolute Gasteiger partial charge is 0.166 e. The summed E-state index contributed by atoms with van der Waals surface area (Å²) in [5.41, 5.74) is 4.26. The van der Waals surface area contributed by atoms with Crippen molar-refractivity contribution in [3.05, 3.63) is 42.0 Å². The average molecular weight is 294 g/mol. The molecule has 0 aliphatic carbocycles. The van der Waals surface area contributed by atoms with Gasteiger partial charge in [-0.05, 0) is 49.6 Å². The van der Waals surface area contributed by atoms with Crippen molar-refractivity contribution in [1.29, 1.82) is 0 Å². The molecule has 5 nitrogen and oxygen atoms in total. The van der Waals surface area contributed by atoms with Gasteiger partial charge >= 0.3 is 0 Å². The van der Waals surface area contributed by atoms with Crippen LogP contribution in [0.15, 0.2) is 36.4 Å². The molecule has 2 heterocycles. The van der Waals surface area contributed by atoms with Crippen LogP contribution in [0.1, 0.15) is 18.4 Å². The summed E-state index contributed by atoms with van der Waals surface area (Å²) in [6.45, 7) is 4.02. The molecular weight excluding hydrogens is 276 g/mol. The lowest BCUT2D eigenvalue weighted by molar-refractivity contribution is 0.467. The lowest BCUT2D eigenvalue weighted by Crippen LogP contribution is -2.18. The first kappa shape index (κ1) is 13.1. The van der Waals surface area contributed by atoms with Crippen LogP contribution in [0.5, 0.6) is 5.75 Å². The highest BCUT2D eigenvalue weighted by molar-refractivity contribution is 5.74. The van der Waals surface area contributed by atoms with Crippen LogP contribution in [0, 0.1) is 6.92 Å². The first-order chi connectivity index (χ1) is 10.7. The second-order valence-corrected chi connectivity index (χ2v) is 5.82. The fraction of sp³-hybridized carbons (Fsp3) is 0.294. The van der Waals surface area contributed by atoms with Gasteiger partial charge in [0.25, 0.3) is 0 Å². The Morgan fingerprint density at radius 2 is 1.55 bits per heavy atom. The van der Waals surface area contributed by atoms with Crippen molar-refractivity contribution in [2.75, 3.05) is 18.0 Å². The van der Waals surface area contributed by atoms with Gasteiger partial charge in [-0.3, -0.25) is 0 Å². The van der Waals surface area contributed by atoms with E-state index < -0.39 is 0 Å². The Kier molecular flexibility index (Phi) is 2.99. The number of rotatable bonds is 2. The molecule has 0 atom stereocenters. The minimum Gasteiger partial charge on any atom is -0.504 e. The minimum absolute atomic E-state index is 0.257. The maximum Gasteiger partial charge on any atom is 0.166 e. The normalized spacial score (nSPS) is 14.9. The first-order valence-electron chi connectivity index (χ1n) is 7.63. The highest BCUT2D eigenvalue weighted by atomic mass is 16.3. The standard InChI is InChI=1S/C17H18N4O/c1-12-10-15(20-8-4-5-9-20)17(22)16(11-12)21-18-13-6-2-3-7-14(13)19-21/h2-3,6-7,10-11,22H,4-5,8-9H2,1H3. The number of phenolic OH excluding ortho intramolecular Hbond substituents is 1. The number of nitrogens with zero attached hydrogens (tertiary/aromatic N) is 4. The summed E-state index contributed by atoms with van der Waals surface area (Å²) in [6, 6.07) is 11.7. The van der Waals surface area contributed by atoms with Crippen LogP contribution in [0.4, 0.5) is 5.69 Å². The monoisotopic (exact) mass is 294 g/mol. The molecule has 0 spiro atoms. The molecule has 112 valence electrons. The number of hydrogen-bond acceptors (Lipinski definition) is 4. The first-order valence-corrected chi connectivity index (χ1v) is 7.63. The molecule has 1 aliphatic heterocycles. The van der Waals surface area contributed by atoms with Crippen molar-refractivity contribution in [2.24, 2.45) is 0 Å². The fourth-order valence-corrected chi connectivity index (χ4v) is 3.06. The Bertz CT molecular complexity index is 801. The molecule has 0 radical (unpaired) electrons. The highest BCUT2D eigenvalue weighted by Gasteiger charge is 2.20. The van der Waals surface area contributed by atoms with Gasteiger partial charge in [0.1, 0.15) is 16.7 Å². The third-order valence-corrected chi connectivity index (χ3v) is 4.16. The molecule has 1 aromatic heterocycles. The van der Waals surface area contributed by atoms with Crippen molar-refractivity contribution >= 4 is 16.7 Å². The minimum atomic E-state index is 0.257. The van der Waals surface area contributed by atoms with Gasteiger partial charge in [-0.1, -0.05) is 12.1 Å². The number of benzene rings is 2. The summed E-state index contributed by atoms with van der Waals surface area (Å²) in [5.74, 6) is 0.257. The van der Waals surface area contributed by atoms with Crippen LogP contribution in [0.3, 0.4) is 0 Å². The number of anilines is 1. The van der Waals surface area contributed by atoms with Crippen molar-refractivity contribution in [3.63, 3.8) is 0 Å². The van der Waals surface area contributed by atoms with Gasteiger partial charge < -0.3 is 10.0 Å². The van der Waals surface area contributed by atoms with Crippen LogP contribution in [-0.4, -0.2) is 33.2 Å². The summed E-state index contributed by atoms with van der Waals surface area (Å²) >= 11 is 0. The SMILES string of the molecule is Cc1cc(N2CCCC2)c(O)c(-n2nc3ccccc3n2)c1. The lowest BCUT2D eigenvalue weighted by atomic mass is 10.1. The van der Waals surface area contributed by atoms with Gasteiger partial charge in [-0.25, -0.2) is 0 Å². The van der Waals surface area contributed by atoms with Crippen molar-refractivity contribution in [3.8, 4) is 11.4 Å². The Hall–Kier alpha value is -2.56. The molecule has 4 rings (SSSR count). The number of fused-ring (bicyclic) bond motifs is 1. The number of phenols is 1. The Balaban J connectivity index is 1.86. The summed E-state index contributed by atoms with van der Waals surface area (Å²) in [7, 11) is 0. The van der Waals surface area contributed by atoms with E-state index in [1.807, 2.05) is 43.3 Å². The van der Waals surface area contributed by atoms with Gasteiger partial charge in [0, 0.05) is 13.1 Å². The third-order valence-electron chi connectivity index (χ3n) is 4.16. The van der Waals surface area contributed by atoms with Crippen LogP contribution in [0.25, 0.3) is 16.7 Å². The largest absolute Gasteiger partial charge is 0.504 e. The van der Waals surface area contributed by atoms with Crippen LogP contribution in [0.2, 0.25) is 0 Å². The van der Waals surface area contributed by atoms with Gasteiger partial charge in [0.15, 0.2) is 5.75 Å². The van der Waals surface area contributed by atoms with E-state index in [-0.39, 0.29) is 5.75 Å². The zero-order valence-corrected chi connectivity index (χ0v) is 12.5.